The monoisotopic (exact) mass is 362 g/mol. The maximum absolute atomic E-state index is 11.9. The number of carbonyl (C=O) groups excluding carboxylic acids is 1. The summed E-state index contributed by atoms with van der Waals surface area (Å²) in [4.78, 5) is 14.1. The minimum absolute atomic E-state index is 0.00920. The van der Waals surface area contributed by atoms with E-state index in [4.69, 9.17) is 16.0 Å². The molecule has 1 aromatic heterocycles. The summed E-state index contributed by atoms with van der Waals surface area (Å²) in [5, 5.41) is 14.4. The van der Waals surface area contributed by atoms with Crippen molar-refractivity contribution < 1.29 is 14.3 Å². The quantitative estimate of drug-likeness (QED) is 0.829. The van der Waals surface area contributed by atoms with E-state index in [9.17, 15) is 9.90 Å². The highest BCUT2D eigenvalue weighted by molar-refractivity contribution is 6.30. The molecule has 1 fully saturated rings. The molecule has 2 aromatic rings. The van der Waals surface area contributed by atoms with Gasteiger partial charge in [-0.15, -0.1) is 0 Å². The van der Waals surface area contributed by atoms with Crippen molar-refractivity contribution in [1.82, 2.24) is 10.2 Å². The van der Waals surface area contributed by atoms with Crippen LogP contribution in [0.1, 0.15) is 30.6 Å². The first-order valence-electron chi connectivity index (χ1n) is 8.55. The van der Waals surface area contributed by atoms with Gasteiger partial charge in [-0.1, -0.05) is 23.7 Å². The molecule has 0 saturated carbocycles. The molecular formula is C19H23ClN2O3. The molecule has 0 bridgehead atoms. The average Bonchev–Trinajstić information content (AvgIpc) is 3.13. The molecule has 134 valence electrons. The second-order valence-electron chi connectivity index (χ2n) is 6.49. The van der Waals surface area contributed by atoms with E-state index in [-0.39, 0.29) is 5.91 Å². The van der Waals surface area contributed by atoms with E-state index in [1.54, 1.807) is 12.3 Å². The number of aliphatic hydroxyl groups is 1. The largest absolute Gasteiger partial charge is 0.467 e. The van der Waals surface area contributed by atoms with Crippen LogP contribution in [0.5, 0.6) is 0 Å². The lowest BCUT2D eigenvalue weighted by atomic mass is 9.84. The smallest absolute Gasteiger partial charge is 0.221 e. The predicted octanol–water partition coefficient (Wildman–Crippen LogP) is 2.92. The van der Waals surface area contributed by atoms with Crippen LogP contribution in [0.3, 0.4) is 0 Å². The third-order valence-electron chi connectivity index (χ3n) is 4.76. The number of amides is 1. The molecule has 0 spiro atoms. The summed E-state index contributed by atoms with van der Waals surface area (Å²) in [6.45, 7) is 2.65. The zero-order valence-electron chi connectivity index (χ0n) is 14.1. The summed E-state index contributed by atoms with van der Waals surface area (Å²) in [5.41, 5.74) is 0.107. The number of rotatable bonds is 6. The average molecular weight is 363 g/mol. The standard InChI is InChI=1S/C19H23ClN2O3/c20-16-5-3-15(4-6-16)19(24)8-11-22(12-9-19)10-7-18(23)21-14-17-2-1-13-25-17/h1-6,13,24H,7-12,14H2,(H,21,23). The molecule has 5 nitrogen and oxygen atoms in total. The minimum Gasteiger partial charge on any atom is -0.467 e. The maximum atomic E-state index is 11.9. The first-order chi connectivity index (χ1) is 12.0. The van der Waals surface area contributed by atoms with Crippen molar-refractivity contribution in [2.75, 3.05) is 19.6 Å². The van der Waals surface area contributed by atoms with Crippen LogP contribution in [0.4, 0.5) is 0 Å². The zero-order chi connectivity index (χ0) is 17.7. The van der Waals surface area contributed by atoms with Crippen molar-refractivity contribution in [3.63, 3.8) is 0 Å². The van der Waals surface area contributed by atoms with Gasteiger partial charge in [-0.3, -0.25) is 4.79 Å². The minimum atomic E-state index is -0.803. The molecule has 0 unspecified atom stereocenters. The third kappa shape index (κ3) is 4.84. The highest BCUT2D eigenvalue weighted by Gasteiger charge is 2.33. The maximum Gasteiger partial charge on any atom is 0.221 e. The van der Waals surface area contributed by atoms with Crippen LogP contribution in [0, 0.1) is 0 Å². The molecule has 0 radical (unpaired) electrons. The molecule has 2 N–H and O–H groups in total. The number of benzene rings is 1. The molecule has 25 heavy (non-hydrogen) atoms. The molecule has 0 atom stereocenters. The van der Waals surface area contributed by atoms with Crippen LogP contribution >= 0.6 is 11.6 Å². The molecule has 1 aliphatic heterocycles. The summed E-state index contributed by atoms with van der Waals surface area (Å²) < 4.78 is 5.19. The van der Waals surface area contributed by atoms with Crippen LogP contribution in [0.15, 0.2) is 47.1 Å². The Balaban J connectivity index is 1.41. The Labute approximate surface area is 152 Å². The molecule has 0 aliphatic carbocycles. The van der Waals surface area contributed by atoms with Gasteiger partial charge in [0.25, 0.3) is 0 Å². The number of carbonyl (C=O) groups is 1. The number of likely N-dealkylation sites (tertiary alicyclic amines) is 1. The topological polar surface area (TPSA) is 65.7 Å². The number of hydrogen-bond acceptors (Lipinski definition) is 4. The van der Waals surface area contributed by atoms with Crippen molar-refractivity contribution in [2.45, 2.75) is 31.4 Å². The van der Waals surface area contributed by atoms with Crippen LogP contribution in [-0.2, 0) is 16.9 Å². The molecule has 1 aliphatic rings. The normalized spacial score (nSPS) is 17.4. The van der Waals surface area contributed by atoms with Gasteiger partial charge in [0, 0.05) is 31.1 Å². The van der Waals surface area contributed by atoms with Crippen molar-refractivity contribution in [2.24, 2.45) is 0 Å². The molecular weight excluding hydrogens is 340 g/mol. The van der Waals surface area contributed by atoms with E-state index in [0.717, 1.165) is 24.4 Å². The second kappa shape index (κ2) is 8.04. The van der Waals surface area contributed by atoms with Gasteiger partial charge in [0.2, 0.25) is 5.91 Å². The number of halogens is 1. The van der Waals surface area contributed by atoms with Gasteiger partial charge in [0.05, 0.1) is 18.4 Å². The Bertz CT molecular complexity index is 677. The van der Waals surface area contributed by atoms with E-state index >= 15 is 0 Å². The van der Waals surface area contributed by atoms with Crippen LogP contribution < -0.4 is 5.32 Å². The van der Waals surface area contributed by atoms with E-state index in [1.165, 1.54) is 0 Å². The van der Waals surface area contributed by atoms with Crippen molar-refractivity contribution in [3.05, 3.63) is 59.0 Å². The molecule has 1 aromatic carbocycles. The number of nitrogens with one attached hydrogen (secondary N) is 1. The Kier molecular flexibility index (Phi) is 5.78. The molecule has 3 rings (SSSR count). The van der Waals surface area contributed by atoms with E-state index in [2.05, 4.69) is 10.2 Å². The zero-order valence-corrected chi connectivity index (χ0v) is 14.8. The summed E-state index contributed by atoms with van der Waals surface area (Å²) in [6, 6.07) is 11.0. The van der Waals surface area contributed by atoms with Crippen molar-refractivity contribution >= 4 is 17.5 Å². The summed E-state index contributed by atoms with van der Waals surface area (Å²) in [6.07, 6.45) is 3.35. The number of piperidine rings is 1. The van der Waals surface area contributed by atoms with Gasteiger partial charge in [0.15, 0.2) is 0 Å². The lowest BCUT2D eigenvalue weighted by Crippen LogP contribution is -2.43. The fourth-order valence-corrected chi connectivity index (χ4v) is 3.27. The molecule has 1 amide bonds. The van der Waals surface area contributed by atoms with E-state index in [1.807, 2.05) is 30.3 Å². The Morgan fingerprint density at radius 3 is 2.60 bits per heavy atom. The van der Waals surface area contributed by atoms with Crippen molar-refractivity contribution in [3.8, 4) is 0 Å². The van der Waals surface area contributed by atoms with Gasteiger partial charge in [0.1, 0.15) is 5.76 Å². The lowest BCUT2D eigenvalue weighted by Gasteiger charge is -2.38. The summed E-state index contributed by atoms with van der Waals surface area (Å²) >= 11 is 5.91. The van der Waals surface area contributed by atoms with E-state index < -0.39 is 5.60 Å². The Morgan fingerprint density at radius 2 is 1.96 bits per heavy atom. The molecule has 6 heteroatoms. The van der Waals surface area contributed by atoms with Crippen LogP contribution in [0.25, 0.3) is 0 Å². The van der Waals surface area contributed by atoms with Gasteiger partial charge in [-0.25, -0.2) is 0 Å². The first kappa shape index (κ1) is 18.0. The molecule has 1 saturated heterocycles. The van der Waals surface area contributed by atoms with E-state index in [0.29, 0.717) is 37.4 Å². The van der Waals surface area contributed by atoms with Gasteiger partial charge >= 0.3 is 0 Å². The summed E-state index contributed by atoms with van der Waals surface area (Å²) in [7, 11) is 0. The number of furan rings is 1. The third-order valence-corrected chi connectivity index (χ3v) is 5.01. The first-order valence-corrected chi connectivity index (χ1v) is 8.93. The number of hydrogen-bond donors (Lipinski definition) is 2. The van der Waals surface area contributed by atoms with Crippen molar-refractivity contribution in [1.29, 1.82) is 0 Å². The fourth-order valence-electron chi connectivity index (χ4n) is 3.14. The Morgan fingerprint density at radius 1 is 1.24 bits per heavy atom. The second-order valence-corrected chi connectivity index (χ2v) is 6.92. The van der Waals surface area contributed by atoms with Crippen LogP contribution in [0.2, 0.25) is 5.02 Å². The Hall–Kier alpha value is -1.82. The van der Waals surface area contributed by atoms with Crippen LogP contribution in [-0.4, -0.2) is 35.5 Å². The van der Waals surface area contributed by atoms with Gasteiger partial charge in [-0.2, -0.15) is 0 Å². The highest BCUT2D eigenvalue weighted by atomic mass is 35.5. The molecule has 2 heterocycles. The number of nitrogens with zero attached hydrogens (tertiary/aromatic N) is 1. The fraction of sp³-hybridized carbons (Fsp3) is 0.421. The van der Waals surface area contributed by atoms with Gasteiger partial charge < -0.3 is 19.7 Å². The summed E-state index contributed by atoms with van der Waals surface area (Å²) in [5.74, 6) is 0.759. The highest BCUT2D eigenvalue weighted by Crippen LogP contribution is 2.33. The lowest BCUT2D eigenvalue weighted by molar-refractivity contribution is -0.121. The predicted molar refractivity (Wildman–Crippen MR) is 96.2 cm³/mol. The van der Waals surface area contributed by atoms with Gasteiger partial charge in [-0.05, 0) is 42.7 Å². The SMILES string of the molecule is O=C(CCN1CCC(O)(c2ccc(Cl)cc2)CC1)NCc1ccco1.